The summed E-state index contributed by atoms with van der Waals surface area (Å²) in [4.78, 5) is 11.3. The number of aromatic nitrogens is 2. The Kier molecular flexibility index (Phi) is 4.92. The van der Waals surface area contributed by atoms with Crippen molar-refractivity contribution in [1.29, 1.82) is 0 Å². The Bertz CT molecular complexity index is 704. The van der Waals surface area contributed by atoms with Crippen LogP contribution in [0.1, 0.15) is 35.6 Å². The van der Waals surface area contributed by atoms with Gasteiger partial charge in [-0.1, -0.05) is 0 Å². The van der Waals surface area contributed by atoms with E-state index in [2.05, 4.69) is 22.7 Å². The Morgan fingerprint density at radius 2 is 1.86 bits per heavy atom. The van der Waals surface area contributed by atoms with Crippen molar-refractivity contribution in [3.05, 3.63) is 41.2 Å². The molecule has 0 unspecified atom stereocenters. The number of nitrogens with zero attached hydrogens (tertiary/aromatic N) is 2. The van der Waals surface area contributed by atoms with Crippen molar-refractivity contribution < 1.29 is 4.79 Å². The van der Waals surface area contributed by atoms with Crippen LogP contribution in [0.3, 0.4) is 0 Å². The van der Waals surface area contributed by atoms with E-state index in [0.717, 1.165) is 29.3 Å². The Balaban J connectivity index is 2.07. The highest BCUT2D eigenvalue weighted by Crippen LogP contribution is 2.20. The molecular formula is C16H20N4OS. The predicted molar refractivity (Wildman–Crippen MR) is 93.7 cm³/mol. The lowest BCUT2D eigenvalue weighted by molar-refractivity contribution is 0.101. The number of ketones is 1. The third kappa shape index (κ3) is 3.51. The minimum absolute atomic E-state index is 0.0467. The highest BCUT2D eigenvalue weighted by Gasteiger charge is 2.11. The highest BCUT2D eigenvalue weighted by atomic mass is 32.1. The van der Waals surface area contributed by atoms with Crippen molar-refractivity contribution >= 4 is 34.5 Å². The zero-order valence-electron chi connectivity index (χ0n) is 13.2. The van der Waals surface area contributed by atoms with Crippen molar-refractivity contribution in [2.45, 2.75) is 34.2 Å². The minimum atomic E-state index is 0.0467. The topological polar surface area (TPSA) is 59.0 Å². The average Bonchev–Trinajstić information content (AvgIpc) is 2.75. The van der Waals surface area contributed by atoms with Gasteiger partial charge in [-0.2, -0.15) is 5.10 Å². The SMILES string of the molecule is CCn1nc(C)c(NC(=S)Nc2ccc(C(C)=O)cc2)c1C. The number of rotatable bonds is 4. The normalized spacial score (nSPS) is 10.4. The van der Waals surface area contributed by atoms with Crippen LogP contribution in [0.25, 0.3) is 0 Å². The van der Waals surface area contributed by atoms with Gasteiger partial charge in [-0.3, -0.25) is 9.48 Å². The Morgan fingerprint density at radius 1 is 1.23 bits per heavy atom. The average molecular weight is 316 g/mol. The van der Waals surface area contributed by atoms with Crippen LogP contribution < -0.4 is 10.6 Å². The largest absolute Gasteiger partial charge is 0.332 e. The highest BCUT2D eigenvalue weighted by molar-refractivity contribution is 7.80. The molecule has 0 atom stereocenters. The zero-order valence-corrected chi connectivity index (χ0v) is 14.0. The van der Waals surface area contributed by atoms with Crippen LogP contribution in [0.5, 0.6) is 0 Å². The van der Waals surface area contributed by atoms with E-state index < -0.39 is 0 Å². The number of nitrogens with one attached hydrogen (secondary N) is 2. The molecule has 1 aromatic carbocycles. The van der Waals surface area contributed by atoms with Crippen molar-refractivity contribution in [1.82, 2.24) is 9.78 Å². The molecule has 2 rings (SSSR count). The molecule has 2 aromatic rings. The van der Waals surface area contributed by atoms with E-state index in [9.17, 15) is 4.79 Å². The summed E-state index contributed by atoms with van der Waals surface area (Å²) < 4.78 is 1.93. The first-order chi connectivity index (χ1) is 10.4. The number of benzene rings is 1. The third-order valence-electron chi connectivity index (χ3n) is 3.47. The molecular weight excluding hydrogens is 296 g/mol. The number of carbonyl (C=O) groups is 1. The van der Waals surface area contributed by atoms with Gasteiger partial charge < -0.3 is 10.6 Å². The summed E-state index contributed by atoms with van der Waals surface area (Å²) in [7, 11) is 0. The monoisotopic (exact) mass is 316 g/mol. The first-order valence-corrected chi connectivity index (χ1v) is 7.56. The van der Waals surface area contributed by atoms with Crippen LogP contribution >= 0.6 is 12.2 Å². The molecule has 22 heavy (non-hydrogen) atoms. The second-order valence-electron chi connectivity index (χ2n) is 5.07. The van der Waals surface area contributed by atoms with Gasteiger partial charge in [0, 0.05) is 17.8 Å². The lowest BCUT2D eigenvalue weighted by Crippen LogP contribution is -2.20. The summed E-state index contributed by atoms with van der Waals surface area (Å²) in [5.74, 6) is 0.0467. The molecule has 0 saturated carbocycles. The van der Waals surface area contributed by atoms with Gasteiger partial charge in [0.05, 0.1) is 17.1 Å². The van der Waals surface area contributed by atoms with Gasteiger partial charge in [-0.15, -0.1) is 0 Å². The number of Topliss-reactive ketones (excluding diaryl/α,β-unsaturated/α-hetero) is 1. The number of hydrogen-bond donors (Lipinski definition) is 2. The summed E-state index contributed by atoms with van der Waals surface area (Å²) >= 11 is 5.34. The number of anilines is 2. The lowest BCUT2D eigenvalue weighted by Gasteiger charge is -2.11. The Hall–Kier alpha value is -2.21. The second-order valence-corrected chi connectivity index (χ2v) is 5.48. The first-order valence-electron chi connectivity index (χ1n) is 7.15. The zero-order chi connectivity index (χ0) is 16.3. The van der Waals surface area contributed by atoms with E-state index in [1.165, 1.54) is 0 Å². The molecule has 1 heterocycles. The van der Waals surface area contributed by atoms with Crippen molar-refractivity contribution in [3.63, 3.8) is 0 Å². The number of carbonyl (C=O) groups excluding carboxylic acids is 1. The van der Waals surface area contributed by atoms with E-state index in [4.69, 9.17) is 12.2 Å². The fourth-order valence-electron chi connectivity index (χ4n) is 2.25. The molecule has 6 heteroatoms. The standard InChI is InChI=1S/C16H20N4OS/c1-5-20-11(3)15(10(2)19-20)18-16(22)17-14-8-6-13(7-9-14)12(4)21/h6-9H,5H2,1-4H3,(H2,17,18,22). The van der Waals surface area contributed by atoms with Gasteiger partial charge in [0.15, 0.2) is 10.9 Å². The van der Waals surface area contributed by atoms with Crippen LogP contribution in [0.15, 0.2) is 24.3 Å². The molecule has 0 spiro atoms. The van der Waals surface area contributed by atoms with Crippen molar-refractivity contribution in [2.24, 2.45) is 0 Å². The van der Waals surface area contributed by atoms with Crippen molar-refractivity contribution in [3.8, 4) is 0 Å². The van der Waals surface area contributed by atoms with Crippen LogP contribution in [0, 0.1) is 13.8 Å². The van der Waals surface area contributed by atoms with E-state index in [1.807, 2.05) is 30.7 Å². The molecule has 0 aliphatic rings. The van der Waals surface area contributed by atoms with Gasteiger partial charge in [0.25, 0.3) is 0 Å². The summed E-state index contributed by atoms with van der Waals surface area (Å²) in [5, 5.41) is 11.2. The smallest absolute Gasteiger partial charge is 0.175 e. The van der Waals surface area contributed by atoms with Gasteiger partial charge in [-0.05, 0) is 64.2 Å². The van der Waals surface area contributed by atoms with E-state index in [-0.39, 0.29) is 5.78 Å². The van der Waals surface area contributed by atoms with Crippen LogP contribution in [-0.2, 0) is 6.54 Å². The Morgan fingerprint density at radius 3 is 2.36 bits per heavy atom. The molecule has 0 saturated heterocycles. The molecule has 1 aromatic heterocycles. The summed E-state index contributed by atoms with van der Waals surface area (Å²) in [6.45, 7) is 8.38. The summed E-state index contributed by atoms with van der Waals surface area (Å²) in [5.41, 5.74) is 4.41. The molecule has 0 amide bonds. The number of hydrogen-bond acceptors (Lipinski definition) is 3. The third-order valence-corrected chi connectivity index (χ3v) is 3.67. The van der Waals surface area contributed by atoms with Crippen molar-refractivity contribution in [2.75, 3.05) is 10.6 Å². The molecule has 0 radical (unpaired) electrons. The first kappa shape index (κ1) is 16.2. The maximum atomic E-state index is 11.3. The molecule has 116 valence electrons. The quantitative estimate of drug-likeness (QED) is 0.667. The van der Waals surface area contributed by atoms with Crippen LogP contribution in [0.2, 0.25) is 0 Å². The molecule has 0 aliphatic carbocycles. The molecule has 5 nitrogen and oxygen atoms in total. The lowest BCUT2D eigenvalue weighted by atomic mass is 10.1. The maximum Gasteiger partial charge on any atom is 0.175 e. The van der Waals surface area contributed by atoms with Gasteiger partial charge >= 0.3 is 0 Å². The molecule has 0 aliphatic heterocycles. The van der Waals surface area contributed by atoms with Gasteiger partial charge in [0.1, 0.15) is 0 Å². The van der Waals surface area contributed by atoms with E-state index in [0.29, 0.717) is 10.7 Å². The fourth-order valence-corrected chi connectivity index (χ4v) is 2.47. The van der Waals surface area contributed by atoms with Crippen LogP contribution in [-0.4, -0.2) is 20.7 Å². The van der Waals surface area contributed by atoms with E-state index >= 15 is 0 Å². The molecule has 0 fully saturated rings. The number of thiocarbonyl (C=S) groups is 1. The minimum Gasteiger partial charge on any atom is -0.332 e. The van der Waals surface area contributed by atoms with E-state index in [1.54, 1.807) is 19.1 Å². The second kappa shape index (κ2) is 6.70. The van der Waals surface area contributed by atoms with Crippen LogP contribution in [0.4, 0.5) is 11.4 Å². The summed E-state index contributed by atoms with van der Waals surface area (Å²) in [6, 6.07) is 7.22. The van der Waals surface area contributed by atoms with Gasteiger partial charge in [-0.25, -0.2) is 0 Å². The molecule has 0 bridgehead atoms. The number of aryl methyl sites for hydroxylation is 2. The maximum absolute atomic E-state index is 11.3. The fraction of sp³-hybridized carbons (Fsp3) is 0.312. The predicted octanol–water partition coefficient (Wildman–Crippen LogP) is 3.53. The Labute approximate surface area is 135 Å². The summed E-state index contributed by atoms with van der Waals surface area (Å²) in [6.07, 6.45) is 0. The van der Waals surface area contributed by atoms with Gasteiger partial charge in [0.2, 0.25) is 0 Å². The molecule has 2 N–H and O–H groups in total.